The van der Waals surface area contributed by atoms with Crippen molar-refractivity contribution in [2.75, 3.05) is 33.4 Å². The van der Waals surface area contributed by atoms with Crippen LogP contribution in [0.25, 0.3) is 0 Å². The summed E-state index contributed by atoms with van der Waals surface area (Å²) in [6.45, 7) is 0.994. The van der Waals surface area contributed by atoms with Gasteiger partial charge in [-0.05, 0) is 6.42 Å². The molecule has 0 bridgehead atoms. The summed E-state index contributed by atoms with van der Waals surface area (Å²) < 4.78 is 4.82. The molecule has 0 aromatic rings. The van der Waals surface area contributed by atoms with Crippen LogP contribution < -0.4 is 5.32 Å². The fourth-order valence-corrected chi connectivity index (χ4v) is 1.79. The Morgan fingerprint density at radius 1 is 1.69 bits per heavy atom. The van der Waals surface area contributed by atoms with Crippen LogP contribution in [0.2, 0.25) is 0 Å². The summed E-state index contributed by atoms with van der Waals surface area (Å²) in [6, 6.07) is -0.434. The summed E-state index contributed by atoms with van der Waals surface area (Å²) in [5, 5.41) is 11.5. The molecule has 0 saturated carbocycles. The van der Waals surface area contributed by atoms with E-state index in [1.807, 2.05) is 0 Å². The van der Waals surface area contributed by atoms with Gasteiger partial charge >= 0.3 is 0 Å². The van der Waals surface area contributed by atoms with Gasteiger partial charge in [0.2, 0.25) is 11.8 Å². The molecule has 1 aliphatic rings. The van der Waals surface area contributed by atoms with E-state index in [-0.39, 0.29) is 25.0 Å². The molecule has 1 rings (SSSR count). The maximum absolute atomic E-state index is 11.7. The van der Waals surface area contributed by atoms with Gasteiger partial charge in [-0.25, -0.2) is 0 Å². The first kappa shape index (κ1) is 12.9. The van der Waals surface area contributed by atoms with Crippen molar-refractivity contribution in [1.29, 1.82) is 0 Å². The van der Waals surface area contributed by atoms with Crippen LogP contribution in [0.3, 0.4) is 0 Å². The molecule has 16 heavy (non-hydrogen) atoms. The lowest BCUT2D eigenvalue weighted by Crippen LogP contribution is -2.46. The van der Waals surface area contributed by atoms with Crippen molar-refractivity contribution in [3.05, 3.63) is 0 Å². The van der Waals surface area contributed by atoms with E-state index in [9.17, 15) is 9.59 Å². The van der Waals surface area contributed by atoms with Crippen LogP contribution in [0.5, 0.6) is 0 Å². The predicted molar refractivity (Wildman–Crippen MR) is 56.7 cm³/mol. The van der Waals surface area contributed by atoms with Gasteiger partial charge in [-0.3, -0.25) is 9.59 Å². The predicted octanol–water partition coefficient (Wildman–Crippen LogP) is -1.27. The van der Waals surface area contributed by atoms with Crippen LogP contribution >= 0.6 is 0 Å². The molecule has 0 aromatic heterocycles. The van der Waals surface area contributed by atoms with Crippen LogP contribution in [-0.4, -0.2) is 61.3 Å². The molecule has 1 fully saturated rings. The van der Waals surface area contributed by atoms with Crippen molar-refractivity contribution in [1.82, 2.24) is 10.2 Å². The monoisotopic (exact) mass is 230 g/mol. The second-order valence-corrected chi connectivity index (χ2v) is 3.65. The number of carbonyl (C=O) groups excluding carboxylic acids is 2. The van der Waals surface area contributed by atoms with Crippen molar-refractivity contribution in [3.8, 4) is 0 Å². The van der Waals surface area contributed by atoms with E-state index in [1.54, 1.807) is 7.11 Å². The molecule has 1 heterocycles. The lowest BCUT2D eigenvalue weighted by atomic mass is 10.2. The molecule has 1 saturated heterocycles. The minimum atomic E-state index is -0.434. The smallest absolute Gasteiger partial charge is 0.242 e. The first-order valence-corrected chi connectivity index (χ1v) is 5.37. The van der Waals surface area contributed by atoms with Gasteiger partial charge in [0.1, 0.15) is 6.04 Å². The largest absolute Gasteiger partial charge is 0.395 e. The summed E-state index contributed by atoms with van der Waals surface area (Å²) in [7, 11) is 1.56. The van der Waals surface area contributed by atoms with Gasteiger partial charge in [-0.15, -0.1) is 0 Å². The van der Waals surface area contributed by atoms with Crippen molar-refractivity contribution in [3.63, 3.8) is 0 Å². The maximum atomic E-state index is 11.7. The molecule has 0 aromatic carbocycles. The fraction of sp³-hybridized carbons (Fsp3) is 0.800. The van der Waals surface area contributed by atoms with Gasteiger partial charge in [0.25, 0.3) is 0 Å². The highest BCUT2D eigenvalue weighted by Gasteiger charge is 2.35. The van der Waals surface area contributed by atoms with E-state index in [0.29, 0.717) is 26.0 Å². The highest BCUT2D eigenvalue weighted by atomic mass is 16.5. The Kier molecular flexibility index (Phi) is 5.21. The molecular weight excluding hydrogens is 212 g/mol. The number of rotatable bonds is 6. The Morgan fingerprint density at radius 3 is 3.06 bits per heavy atom. The molecule has 0 spiro atoms. The van der Waals surface area contributed by atoms with E-state index in [4.69, 9.17) is 9.84 Å². The number of aliphatic hydroxyl groups excluding tert-OH is 1. The number of likely N-dealkylation sites (tertiary alicyclic amines) is 1. The summed E-state index contributed by atoms with van der Waals surface area (Å²) in [6.07, 6.45) is 0.903. The van der Waals surface area contributed by atoms with E-state index in [2.05, 4.69) is 5.32 Å². The van der Waals surface area contributed by atoms with Crippen LogP contribution in [-0.2, 0) is 14.3 Å². The minimum absolute atomic E-state index is 0.0686. The zero-order chi connectivity index (χ0) is 12.0. The molecule has 6 nitrogen and oxygen atoms in total. The normalized spacial score (nSPS) is 20.2. The number of aliphatic hydroxyl groups is 1. The van der Waals surface area contributed by atoms with Gasteiger partial charge in [0, 0.05) is 26.6 Å². The molecule has 92 valence electrons. The first-order chi connectivity index (χ1) is 7.70. The van der Waals surface area contributed by atoms with Crippen LogP contribution in [0.1, 0.15) is 12.8 Å². The number of nitrogens with zero attached hydrogens (tertiary/aromatic N) is 1. The fourth-order valence-electron chi connectivity index (χ4n) is 1.79. The van der Waals surface area contributed by atoms with Crippen LogP contribution in [0.4, 0.5) is 0 Å². The van der Waals surface area contributed by atoms with E-state index in [1.165, 1.54) is 4.90 Å². The summed E-state index contributed by atoms with van der Waals surface area (Å²) in [5.74, 6) is -0.239. The minimum Gasteiger partial charge on any atom is -0.395 e. The van der Waals surface area contributed by atoms with Crippen molar-refractivity contribution in [2.45, 2.75) is 18.9 Å². The topological polar surface area (TPSA) is 78.9 Å². The number of methoxy groups -OCH3 is 1. The summed E-state index contributed by atoms with van der Waals surface area (Å²) in [4.78, 5) is 24.6. The molecule has 2 N–H and O–H groups in total. The number of ether oxygens (including phenoxy) is 1. The first-order valence-electron chi connectivity index (χ1n) is 5.37. The van der Waals surface area contributed by atoms with Crippen LogP contribution in [0, 0.1) is 0 Å². The highest BCUT2D eigenvalue weighted by molar-refractivity contribution is 5.90. The zero-order valence-electron chi connectivity index (χ0n) is 9.44. The Labute approximate surface area is 94.6 Å². The number of amides is 2. The molecule has 1 atom stereocenters. The average molecular weight is 230 g/mol. The zero-order valence-corrected chi connectivity index (χ0v) is 9.44. The molecular formula is C10H18N2O4. The Morgan fingerprint density at radius 2 is 2.44 bits per heavy atom. The third kappa shape index (κ3) is 3.18. The lowest BCUT2D eigenvalue weighted by Gasteiger charge is -2.22. The van der Waals surface area contributed by atoms with E-state index in [0.717, 1.165) is 0 Å². The van der Waals surface area contributed by atoms with Gasteiger partial charge in [-0.1, -0.05) is 0 Å². The SMILES string of the molecule is COCCNC(=O)C1CCC(=O)N1CCO. The lowest BCUT2D eigenvalue weighted by molar-refractivity contribution is -0.135. The summed E-state index contributed by atoms with van der Waals surface area (Å²) in [5.41, 5.74) is 0. The molecule has 0 radical (unpaired) electrons. The van der Waals surface area contributed by atoms with Gasteiger partial charge < -0.3 is 20.1 Å². The number of nitrogens with one attached hydrogen (secondary N) is 1. The second-order valence-electron chi connectivity index (χ2n) is 3.65. The molecule has 2 amide bonds. The van der Waals surface area contributed by atoms with Crippen molar-refractivity contribution < 1.29 is 19.4 Å². The molecule has 6 heteroatoms. The van der Waals surface area contributed by atoms with E-state index >= 15 is 0 Å². The average Bonchev–Trinajstić information content (AvgIpc) is 2.62. The number of carbonyl (C=O) groups is 2. The Bertz CT molecular complexity index is 257. The van der Waals surface area contributed by atoms with E-state index < -0.39 is 6.04 Å². The molecule has 1 aliphatic heterocycles. The number of hydrogen-bond acceptors (Lipinski definition) is 4. The van der Waals surface area contributed by atoms with Crippen LogP contribution in [0.15, 0.2) is 0 Å². The van der Waals surface area contributed by atoms with Gasteiger partial charge in [-0.2, -0.15) is 0 Å². The maximum Gasteiger partial charge on any atom is 0.242 e. The Hall–Kier alpha value is -1.14. The molecule has 1 unspecified atom stereocenters. The number of β-amino-alcohol motifs (C(OH)–C–C–N with tert-alkyl or cyclic N) is 1. The Balaban J connectivity index is 2.44. The molecule has 0 aliphatic carbocycles. The van der Waals surface area contributed by atoms with Crippen molar-refractivity contribution in [2.24, 2.45) is 0 Å². The van der Waals surface area contributed by atoms with Gasteiger partial charge in [0.15, 0.2) is 0 Å². The standard InChI is InChI=1S/C10H18N2O4/c1-16-7-4-11-10(15)8-2-3-9(14)12(8)5-6-13/h8,13H,2-7H2,1H3,(H,11,15). The van der Waals surface area contributed by atoms with Crippen molar-refractivity contribution >= 4 is 11.8 Å². The third-order valence-corrected chi connectivity index (χ3v) is 2.58. The second kappa shape index (κ2) is 6.44. The third-order valence-electron chi connectivity index (χ3n) is 2.58. The number of hydrogen-bond donors (Lipinski definition) is 2. The summed E-state index contributed by atoms with van der Waals surface area (Å²) >= 11 is 0. The highest BCUT2D eigenvalue weighted by Crippen LogP contribution is 2.18. The quantitative estimate of drug-likeness (QED) is 0.558. The van der Waals surface area contributed by atoms with Gasteiger partial charge in [0.05, 0.1) is 13.2 Å².